The molecule has 17 heavy (non-hydrogen) atoms. The van der Waals surface area contributed by atoms with Crippen LogP contribution in [-0.2, 0) is 0 Å². The first kappa shape index (κ1) is 11.7. The molecule has 1 heterocycles. The third-order valence-electron chi connectivity index (χ3n) is 2.57. The number of nitrogens with one attached hydrogen (secondary N) is 1. The van der Waals surface area contributed by atoms with E-state index in [0.717, 1.165) is 11.1 Å². The van der Waals surface area contributed by atoms with Crippen molar-refractivity contribution < 1.29 is 5.11 Å². The van der Waals surface area contributed by atoms with E-state index in [2.05, 4.69) is 9.97 Å². The van der Waals surface area contributed by atoms with E-state index in [9.17, 15) is 9.90 Å². The van der Waals surface area contributed by atoms with E-state index in [0.29, 0.717) is 10.8 Å². The van der Waals surface area contributed by atoms with Gasteiger partial charge in [0.2, 0.25) is 5.88 Å². The fraction of sp³-hybridized carbons (Fsp3) is 0.167. The van der Waals surface area contributed by atoms with Gasteiger partial charge in [0.25, 0.3) is 5.56 Å². The van der Waals surface area contributed by atoms with Gasteiger partial charge in [-0.3, -0.25) is 4.79 Å². The van der Waals surface area contributed by atoms with Crippen molar-refractivity contribution in [2.45, 2.75) is 13.8 Å². The van der Waals surface area contributed by atoms with Gasteiger partial charge in [-0.15, -0.1) is 0 Å². The maximum atomic E-state index is 11.5. The molecule has 5 heteroatoms. The van der Waals surface area contributed by atoms with Crippen LogP contribution in [0.5, 0.6) is 5.88 Å². The minimum Gasteiger partial charge on any atom is -0.493 e. The van der Waals surface area contributed by atoms with Crippen molar-refractivity contribution in [1.29, 1.82) is 0 Å². The van der Waals surface area contributed by atoms with Crippen molar-refractivity contribution in [1.82, 2.24) is 9.97 Å². The first-order valence-corrected chi connectivity index (χ1v) is 5.43. The van der Waals surface area contributed by atoms with Gasteiger partial charge in [-0.2, -0.15) is 4.98 Å². The van der Waals surface area contributed by atoms with Crippen LogP contribution in [0.1, 0.15) is 11.1 Å². The number of aryl methyl sites for hydroxylation is 1. The summed E-state index contributed by atoms with van der Waals surface area (Å²) in [5, 5.41) is 10.1. The van der Waals surface area contributed by atoms with Crippen LogP contribution in [0.4, 0.5) is 0 Å². The highest BCUT2D eigenvalue weighted by Crippen LogP contribution is 2.23. The van der Waals surface area contributed by atoms with E-state index in [4.69, 9.17) is 11.6 Å². The molecule has 1 aromatic heterocycles. The molecule has 0 atom stereocenters. The van der Waals surface area contributed by atoms with E-state index in [-0.39, 0.29) is 17.0 Å². The Morgan fingerprint density at radius 1 is 1.35 bits per heavy atom. The average molecular weight is 251 g/mol. The Hall–Kier alpha value is -1.81. The second kappa shape index (κ2) is 4.22. The fourth-order valence-corrected chi connectivity index (χ4v) is 1.77. The van der Waals surface area contributed by atoms with Crippen LogP contribution >= 0.6 is 11.6 Å². The smallest absolute Gasteiger partial charge is 0.257 e. The molecule has 0 aliphatic carbocycles. The summed E-state index contributed by atoms with van der Waals surface area (Å²) in [5.41, 5.74) is 1.48. The number of rotatable bonds is 1. The molecule has 0 fully saturated rings. The molecular weight excluding hydrogens is 240 g/mol. The lowest BCUT2D eigenvalue weighted by molar-refractivity contribution is 0.447. The standard InChI is InChI=1S/C12H11ClN2O2/c1-6-5-8(13)3-4-9(6)10-14-11(16)7(2)12(17)15-10/h3-5H,1-2H3,(H2,14,15,16,17). The number of benzene rings is 1. The summed E-state index contributed by atoms with van der Waals surface area (Å²) in [5.74, 6) is 0.0883. The average Bonchev–Trinajstić information content (AvgIpc) is 2.25. The molecule has 0 aliphatic heterocycles. The SMILES string of the molecule is Cc1cc(Cl)ccc1-c1nc(O)c(C)c(=O)[nH]1. The summed E-state index contributed by atoms with van der Waals surface area (Å²) < 4.78 is 0. The van der Waals surface area contributed by atoms with Crippen molar-refractivity contribution in [3.63, 3.8) is 0 Å². The van der Waals surface area contributed by atoms with Crippen molar-refractivity contribution in [3.05, 3.63) is 44.7 Å². The Labute approximate surface area is 103 Å². The lowest BCUT2D eigenvalue weighted by Crippen LogP contribution is -2.12. The first-order chi connectivity index (χ1) is 7.99. The quantitative estimate of drug-likeness (QED) is 0.817. The van der Waals surface area contributed by atoms with Crippen molar-refractivity contribution in [3.8, 4) is 17.3 Å². The van der Waals surface area contributed by atoms with Crippen LogP contribution in [0.25, 0.3) is 11.4 Å². The van der Waals surface area contributed by atoms with Gasteiger partial charge in [-0.05, 0) is 37.6 Å². The lowest BCUT2D eigenvalue weighted by atomic mass is 10.1. The summed E-state index contributed by atoms with van der Waals surface area (Å²) >= 11 is 5.85. The molecule has 0 saturated heterocycles. The molecule has 2 aromatic rings. The van der Waals surface area contributed by atoms with Crippen LogP contribution in [0, 0.1) is 13.8 Å². The second-order valence-electron chi connectivity index (χ2n) is 3.82. The van der Waals surface area contributed by atoms with Crippen molar-refractivity contribution in [2.75, 3.05) is 0 Å². The molecular formula is C12H11ClN2O2. The number of hydrogen-bond acceptors (Lipinski definition) is 3. The molecule has 0 unspecified atom stereocenters. The number of nitrogens with zero attached hydrogens (tertiary/aromatic N) is 1. The van der Waals surface area contributed by atoms with Gasteiger partial charge in [-0.25, -0.2) is 0 Å². The minimum atomic E-state index is -0.346. The largest absolute Gasteiger partial charge is 0.493 e. The van der Waals surface area contributed by atoms with Crippen LogP contribution < -0.4 is 5.56 Å². The highest BCUT2D eigenvalue weighted by atomic mass is 35.5. The van der Waals surface area contributed by atoms with Crippen LogP contribution in [-0.4, -0.2) is 15.1 Å². The molecule has 88 valence electrons. The summed E-state index contributed by atoms with van der Waals surface area (Å²) in [6, 6.07) is 5.24. The van der Waals surface area contributed by atoms with E-state index in [1.54, 1.807) is 18.2 Å². The van der Waals surface area contributed by atoms with Gasteiger partial charge in [0.1, 0.15) is 5.82 Å². The first-order valence-electron chi connectivity index (χ1n) is 5.05. The molecule has 0 radical (unpaired) electrons. The van der Waals surface area contributed by atoms with Crippen LogP contribution in [0.3, 0.4) is 0 Å². The molecule has 1 aromatic carbocycles. The van der Waals surface area contributed by atoms with Crippen LogP contribution in [0.15, 0.2) is 23.0 Å². The highest BCUT2D eigenvalue weighted by Gasteiger charge is 2.09. The Morgan fingerprint density at radius 3 is 2.65 bits per heavy atom. The Balaban J connectivity index is 2.65. The van der Waals surface area contributed by atoms with Gasteiger partial charge in [0.15, 0.2) is 0 Å². The van der Waals surface area contributed by atoms with Crippen molar-refractivity contribution in [2.24, 2.45) is 0 Å². The minimum absolute atomic E-state index is 0.209. The zero-order valence-electron chi connectivity index (χ0n) is 9.41. The fourth-order valence-electron chi connectivity index (χ4n) is 1.54. The third kappa shape index (κ3) is 2.17. The number of aromatic amines is 1. The maximum Gasteiger partial charge on any atom is 0.257 e. The molecule has 0 saturated carbocycles. The molecule has 0 bridgehead atoms. The molecule has 0 amide bonds. The zero-order valence-corrected chi connectivity index (χ0v) is 10.2. The number of hydrogen-bond donors (Lipinski definition) is 2. The highest BCUT2D eigenvalue weighted by molar-refractivity contribution is 6.30. The van der Waals surface area contributed by atoms with Gasteiger partial charge >= 0.3 is 0 Å². The van der Waals surface area contributed by atoms with E-state index < -0.39 is 0 Å². The zero-order chi connectivity index (χ0) is 12.6. The second-order valence-corrected chi connectivity index (χ2v) is 4.26. The number of halogens is 1. The normalized spacial score (nSPS) is 10.5. The van der Waals surface area contributed by atoms with Gasteiger partial charge in [-0.1, -0.05) is 11.6 Å². The number of aromatic nitrogens is 2. The summed E-state index contributed by atoms with van der Waals surface area (Å²) in [6.07, 6.45) is 0. The molecule has 0 spiro atoms. The number of H-pyrrole nitrogens is 1. The summed E-state index contributed by atoms with van der Waals surface area (Å²) in [7, 11) is 0. The Kier molecular flexibility index (Phi) is 2.90. The summed E-state index contributed by atoms with van der Waals surface area (Å²) in [4.78, 5) is 18.1. The topological polar surface area (TPSA) is 66.0 Å². The maximum absolute atomic E-state index is 11.5. The summed E-state index contributed by atoms with van der Waals surface area (Å²) in [6.45, 7) is 3.37. The number of aromatic hydroxyl groups is 1. The monoisotopic (exact) mass is 250 g/mol. The van der Waals surface area contributed by atoms with Gasteiger partial charge in [0, 0.05) is 10.6 Å². The van der Waals surface area contributed by atoms with Gasteiger partial charge < -0.3 is 10.1 Å². The predicted octanol–water partition coefficient (Wildman–Crippen LogP) is 2.41. The van der Waals surface area contributed by atoms with Crippen LogP contribution in [0.2, 0.25) is 5.02 Å². The van der Waals surface area contributed by atoms with E-state index in [1.807, 2.05) is 6.92 Å². The third-order valence-corrected chi connectivity index (χ3v) is 2.80. The Bertz CT molecular complexity index is 635. The Morgan fingerprint density at radius 2 is 2.06 bits per heavy atom. The van der Waals surface area contributed by atoms with E-state index >= 15 is 0 Å². The molecule has 4 nitrogen and oxygen atoms in total. The molecule has 2 rings (SSSR count). The van der Waals surface area contributed by atoms with Gasteiger partial charge in [0.05, 0.1) is 5.56 Å². The predicted molar refractivity (Wildman–Crippen MR) is 66.4 cm³/mol. The lowest BCUT2D eigenvalue weighted by Gasteiger charge is -2.06. The van der Waals surface area contributed by atoms with E-state index in [1.165, 1.54) is 6.92 Å². The molecule has 2 N–H and O–H groups in total. The van der Waals surface area contributed by atoms with Crippen molar-refractivity contribution >= 4 is 11.6 Å². The molecule has 0 aliphatic rings.